The first-order valence-corrected chi connectivity index (χ1v) is 7.91. The Kier molecular flexibility index (Phi) is 6.35. The molecule has 24 heavy (non-hydrogen) atoms. The molecular weight excluding hydrogens is 345 g/mol. The van der Waals surface area contributed by atoms with Gasteiger partial charge in [-0.3, -0.25) is 0 Å². The molecule has 7 heteroatoms. The van der Waals surface area contributed by atoms with Crippen molar-refractivity contribution in [3.05, 3.63) is 69.7 Å². The van der Waals surface area contributed by atoms with Gasteiger partial charge in [0.05, 0.1) is 11.4 Å². The van der Waals surface area contributed by atoms with Crippen molar-refractivity contribution >= 4 is 40.6 Å². The van der Waals surface area contributed by atoms with E-state index in [0.29, 0.717) is 10.0 Å². The number of nitrogens with two attached hydrogens (primary N) is 1. The van der Waals surface area contributed by atoms with Gasteiger partial charge < -0.3 is 5.73 Å². The molecule has 0 aliphatic rings. The summed E-state index contributed by atoms with van der Waals surface area (Å²) in [6.07, 6.45) is 0. The molecule has 0 fully saturated rings. The normalized spacial score (nSPS) is 13.1. The van der Waals surface area contributed by atoms with Crippen LogP contribution in [0.5, 0.6) is 0 Å². The van der Waals surface area contributed by atoms with Gasteiger partial charge in [0.1, 0.15) is 0 Å². The largest absolute Gasteiger partial charge is 0.367 e. The lowest BCUT2D eigenvalue weighted by atomic mass is 10.1. The van der Waals surface area contributed by atoms with Crippen molar-refractivity contribution in [2.24, 2.45) is 21.0 Å². The lowest BCUT2D eigenvalue weighted by molar-refractivity contribution is 0.983. The van der Waals surface area contributed by atoms with E-state index in [1.165, 1.54) is 0 Å². The number of hydrazone groups is 1. The van der Waals surface area contributed by atoms with Gasteiger partial charge in [-0.1, -0.05) is 47.5 Å². The molecule has 0 amide bonds. The lowest BCUT2D eigenvalue weighted by Crippen LogP contribution is -2.27. The molecule has 124 valence electrons. The molecule has 3 N–H and O–H groups in total. The summed E-state index contributed by atoms with van der Waals surface area (Å²) in [7, 11) is 0. The van der Waals surface area contributed by atoms with Crippen molar-refractivity contribution in [1.82, 2.24) is 5.43 Å². The van der Waals surface area contributed by atoms with Crippen LogP contribution in [0.2, 0.25) is 10.0 Å². The van der Waals surface area contributed by atoms with Crippen LogP contribution >= 0.6 is 23.2 Å². The summed E-state index contributed by atoms with van der Waals surface area (Å²) in [5, 5.41) is 13.5. The van der Waals surface area contributed by atoms with E-state index >= 15 is 0 Å². The molecule has 0 aliphatic heterocycles. The monoisotopic (exact) mass is 361 g/mol. The topological polar surface area (TPSA) is 75.1 Å². The van der Waals surface area contributed by atoms with Gasteiger partial charge in [0.25, 0.3) is 0 Å². The van der Waals surface area contributed by atoms with Crippen LogP contribution in [-0.4, -0.2) is 17.4 Å². The fourth-order valence-corrected chi connectivity index (χ4v) is 2.05. The first-order chi connectivity index (χ1) is 11.5. The zero-order valence-corrected chi connectivity index (χ0v) is 14.8. The van der Waals surface area contributed by atoms with Crippen LogP contribution in [0.3, 0.4) is 0 Å². The van der Waals surface area contributed by atoms with Crippen molar-refractivity contribution in [1.29, 1.82) is 0 Å². The van der Waals surface area contributed by atoms with Gasteiger partial charge in [-0.05, 0) is 49.2 Å². The number of rotatable bonds is 4. The van der Waals surface area contributed by atoms with Crippen LogP contribution < -0.4 is 11.2 Å². The third-order valence-corrected chi connectivity index (χ3v) is 3.67. The first-order valence-electron chi connectivity index (χ1n) is 7.15. The van der Waals surface area contributed by atoms with Crippen molar-refractivity contribution in [3.8, 4) is 0 Å². The highest BCUT2D eigenvalue weighted by Gasteiger charge is 1.99. The Balaban J connectivity index is 2.02. The third kappa shape index (κ3) is 5.37. The van der Waals surface area contributed by atoms with E-state index in [0.717, 1.165) is 22.6 Å². The molecule has 0 aromatic heterocycles. The Labute approximate surface area is 150 Å². The second kappa shape index (κ2) is 8.47. The quantitative estimate of drug-likeness (QED) is 0.489. The number of guanidine groups is 1. The van der Waals surface area contributed by atoms with Gasteiger partial charge in [0.2, 0.25) is 5.96 Å². The number of nitrogens with zero attached hydrogens (tertiary/aromatic N) is 3. The SMILES string of the molecule is CC(=N/N=C(/N)NN=C(C)c1ccc(Cl)cc1)c1ccc(Cl)cc1. The van der Waals surface area contributed by atoms with Crippen LogP contribution in [0.25, 0.3) is 0 Å². The second-order valence-corrected chi connectivity index (χ2v) is 5.87. The summed E-state index contributed by atoms with van der Waals surface area (Å²) in [4.78, 5) is 0. The maximum Gasteiger partial charge on any atom is 0.234 e. The van der Waals surface area contributed by atoms with Crippen LogP contribution in [0, 0.1) is 0 Å². The van der Waals surface area contributed by atoms with E-state index in [4.69, 9.17) is 28.9 Å². The van der Waals surface area contributed by atoms with Crippen molar-refractivity contribution in [2.45, 2.75) is 13.8 Å². The van der Waals surface area contributed by atoms with Crippen molar-refractivity contribution in [2.75, 3.05) is 0 Å². The average Bonchev–Trinajstić information content (AvgIpc) is 2.58. The third-order valence-electron chi connectivity index (χ3n) is 3.17. The van der Waals surface area contributed by atoms with Gasteiger partial charge in [0, 0.05) is 10.0 Å². The number of nitrogens with one attached hydrogen (secondary N) is 1. The molecule has 0 saturated carbocycles. The molecule has 5 nitrogen and oxygen atoms in total. The van der Waals surface area contributed by atoms with E-state index in [-0.39, 0.29) is 5.96 Å². The van der Waals surface area contributed by atoms with Crippen LogP contribution in [0.15, 0.2) is 63.8 Å². The lowest BCUT2D eigenvalue weighted by Gasteiger charge is -2.03. The molecule has 0 saturated heterocycles. The fourth-order valence-electron chi connectivity index (χ4n) is 1.80. The van der Waals surface area contributed by atoms with Crippen LogP contribution in [0.4, 0.5) is 0 Å². The Hall–Kier alpha value is -2.37. The summed E-state index contributed by atoms with van der Waals surface area (Å²) in [6, 6.07) is 14.7. The average molecular weight is 362 g/mol. The molecule has 0 heterocycles. The number of hydrogen-bond donors (Lipinski definition) is 2. The van der Waals surface area contributed by atoms with Gasteiger partial charge in [0.15, 0.2) is 0 Å². The molecule has 2 rings (SSSR count). The molecule has 0 spiro atoms. The highest BCUT2D eigenvalue weighted by molar-refractivity contribution is 6.31. The predicted molar refractivity (Wildman–Crippen MR) is 102 cm³/mol. The summed E-state index contributed by atoms with van der Waals surface area (Å²) >= 11 is 11.7. The molecular formula is C17H17Cl2N5. The van der Waals surface area contributed by atoms with E-state index in [9.17, 15) is 0 Å². The smallest absolute Gasteiger partial charge is 0.234 e. The Morgan fingerprint density at radius 2 is 1.25 bits per heavy atom. The van der Waals surface area contributed by atoms with Crippen LogP contribution in [-0.2, 0) is 0 Å². The van der Waals surface area contributed by atoms with Crippen molar-refractivity contribution < 1.29 is 0 Å². The summed E-state index contributed by atoms with van der Waals surface area (Å²) < 4.78 is 0. The summed E-state index contributed by atoms with van der Waals surface area (Å²) in [6.45, 7) is 3.69. The van der Waals surface area contributed by atoms with E-state index < -0.39 is 0 Å². The first kappa shape index (κ1) is 18.0. The maximum atomic E-state index is 5.86. The van der Waals surface area contributed by atoms with Gasteiger partial charge in [-0.25, -0.2) is 5.43 Å². The molecule has 2 aromatic rings. The Morgan fingerprint density at radius 1 is 0.792 bits per heavy atom. The second-order valence-electron chi connectivity index (χ2n) is 4.99. The van der Waals surface area contributed by atoms with E-state index in [1.807, 2.05) is 38.1 Å². The molecule has 0 radical (unpaired) electrons. The summed E-state index contributed by atoms with van der Waals surface area (Å²) in [5.74, 6) is 0.0941. The Morgan fingerprint density at radius 3 is 1.75 bits per heavy atom. The standard InChI is InChI=1S/C17H17Cl2N5/c1-11(13-3-7-15(18)8-4-13)21-23-17(20)24-22-12(2)14-5-9-16(19)10-6-14/h3-10H,1-2H3,(H3,20,23,24). The molecule has 0 aliphatic carbocycles. The zero-order chi connectivity index (χ0) is 17.5. The minimum atomic E-state index is 0.0941. The van der Waals surface area contributed by atoms with E-state index in [1.54, 1.807) is 24.3 Å². The molecule has 0 bridgehead atoms. The highest BCUT2D eigenvalue weighted by atomic mass is 35.5. The molecule has 0 atom stereocenters. The minimum Gasteiger partial charge on any atom is -0.367 e. The molecule has 2 aromatic carbocycles. The zero-order valence-electron chi connectivity index (χ0n) is 13.3. The van der Waals surface area contributed by atoms with Gasteiger partial charge in [-0.2, -0.15) is 10.2 Å². The minimum absolute atomic E-state index is 0.0941. The van der Waals surface area contributed by atoms with Crippen LogP contribution in [0.1, 0.15) is 25.0 Å². The predicted octanol–water partition coefficient (Wildman–Crippen LogP) is 4.05. The highest BCUT2D eigenvalue weighted by Crippen LogP contribution is 2.11. The maximum absolute atomic E-state index is 5.86. The number of benzene rings is 2. The fraction of sp³-hybridized carbons (Fsp3) is 0.118. The van der Waals surface area contributed by atoms with E-state index in [2.05, 4.69) is 20.7 Å². The number of hydrogen-bond acceptors (Lipinski definition) is 3. The summed E-state index contributed by atoms with van der Waals surface area (Å²) in [5.41, 5.74) is 11.7. The van der Waals surface area contributed by atoms with Gasteiger partial charge in [-0.15, -0.1) is 5.10 Å². The Bertz CT molecular complexity index is 778. The number of halogens is 2. The van der Waals surface area contributed by atoms with Gasteiger partial charge >= 0.3 is 0 Å². The molecule has 0 unspecified atom stereocenters. The van der Waals surface area contributed by atoms with Crippen molar-refractivity contribution in [3.63, 3.8) is 0 Å².